The SMILES string of the molecule is C=CC(=C)/C=C/C=C(C)/C=C/C=C(\C)COC1CC(O)CC(CO)O1. The molecule has 0 radical (unpaired) electrons. The number of hydrogen-bond donors (Lipinski definition) is 2. The quantitative estimate of drug-likeness (QED) is 0.626. The van der Waals surface area contributed by atoms with Crippen LogP contribution in [0.15, 0.2) is 72.4 Å². The van der Waals surface area contributed by atoms with Crippen LogP contribution in [0.1, 0.15) is 26.7 Å². The molecule has 1 fully saturated rings. The van der Waals surface area contributed by atoms with Crippen molar-refractivity contribution in [3.05, 3.63) is 72.4 Å². The highest BCUT2D eigenvalue weighted by atomic mass is 16.7. The van der Waals surface area contributed by atoms with Crippen molar-refractivity contribution in [1.82, 2.24) is 0 Å². The van der Waals surface area contributed by atoms with E-state index in [2.05, 4.69) is 13.2 Å². The lowest BCUT2D eigenvalue weighted by atomic mass is 10.1. The van der Waals surface area contributed by atoms with E-state index < -0.39 is 12.4 Å². The number of allylic oxidation sites excluding steroid dienone is 9. The van der Waals surface area contributed by atoms with Gasteiger partial charge in [-0.1, -0.05) is 61.3 Å². The van der Waals surface area contributed by atoms with Gasteiger partial charge in [-0.25, -0.2) is 0 Å². The average Bonchev–Trinajstić information content (AvgIpc) is 2.59. The Bertz CT molecular complexity index is 554. The van der Waals surface area contributed by atoms with E-state index in [1.807, 2.05) is 50.3 Å². The molecule has 25 heavy (non-hydrogen) atoms. The molecule has 0 aromatic carbocycles. The predicted octanol–water partition coefficient (Wildman–Crippen LogP) is 3.61. The van der Waals surface area contributed by atoms with Gasteiger partial charge in [0.05, 0.1) is 25.4 Å². The summed E-state index contributed by atoms with van der Waals surface area (Å²) in [5, 5.41) is 18.9. The summed E-state index contributed by atoms with van der Waals surface area (Å²) in [6, 6.07) is 0. The highest BCUT2D eigenvalue weighted by Crippen LogP contribution is 2.20. The maximum atomic E-state index is 9.75. The van der Waals surface area contributed by atoms with Crippen molar-refractivity contribution < 1.29 is 19.7 Å². The molecule has 0 spiro atoms. The van der Waals surface area contributed by atoms with Crippen molar-refractivity contribution in [1.29, 1.82) is 0 Å². The molecule has 0 aromatic rings. The molecule has 0 saturated carbocycles. The zero-order valence-electron chi connectivity index (χ0n) is 15.2. The van der Waals surface area contributed by atoms with Crippen molar-refractivity contribution >= 4 is 0 Å². The first-order chi connectivity index (χ1) is 11.9. The summed E-state index contributed by atoms with van der Waals surface area (Å²) >= 11 is 0. The fourth-order valence-corrected chi connectivity index (χ4v) is 2.26. The first-order valence-corrected chi connectivity index (χ1v) is 8.50. The second-order valence-corrected chi connectivity index (χ2v) is 6.23. The third kappa shape index (κ3) is 9.37. The average molecular weight is 346 g/mol. The molecule has 0 aliphatic carbocycles. The summed E-state index contributed by atoms with van der Waals surface area (Å²) in [5.74, 6) is 0. The topological polar surface area (TPSA) is 58.9 Å². The molecule has 1 heterocycles. The molecule has 4 heteroatoms. The van der Waals surface area contributed by atoms with Gasteiger partial charge >= 0.3 is 0 Å². The van der Waals surface area contributed by atoms with Crippen LogP contribution in [0.4, 0.5) is 0 Å². The smallest absolute Gasteiger partial charge is 0.160 e. The van der Waals surface area contributed by atoms with E-state index >= 15 is 0 Å². The number of ether oxygens (including phenoxy) is 2. The number of aliphatic hydroxyl groups excluding tert-OH is 2. The normalized spacial score (nSPS) is 25.7. The fraction of sp³-hybridized carbons (Fsp3) is 0.429. The van der Waals surface area contributed by atoms with Crippen LogP contribution in [0.2, 0.25) is 0 Å². The maximum Gasteiger partial charge on any atom is 0.160 e. The number of aliphatic hydroxyl groups is 2. The Balaban J connectivity index is 2.42. The highest BCUT2D eigenvalue weighted by molar-refractivity contribution is 5.31. The van der Waals surface area contributed by atoms with Crippen LogP contribution in [0.5, 0.6) is 0 Å². The van der Waals surface area contributed by atoms with E-state index in [4.69, 9.17) is 14.6 Å². The van der Waals surface area contributed by atoms with Gasteiger partial charge in [-0.15, -0.1) is 0 Å². The molecule has 2 N–H and O–H groups in total. The van der Waals surface area contributed by atoms with Crippen LogP contribution < -0.4 is 0 Å². The Morgan fingerprint density at radius 2 is 1.92 bits per heavy atom. The molecule has 4 nitrogen and oxygen atoms in total. The van der Waals surface area contributed by atoms with Crippen LogP contribution in [0.25, 0.3) is 0 Å². The largest absolute Gasteiger partial charge is 0.394 e. The minimum Gasteiger partial charge on any atom is -0.394 e. The number of rotatable bonds is 9. The van der Waals surface area contributed by atoms with Gasteiger partial charge in [0.15, 0.2) is 6.29 Å². The van der Waals surface area contributed by atoms with Gasteiger partial charge in [-0.3, -0.25) is 0 Å². The molecule has 0 amide bonds. The highest BCUT2D eigenvalue weighted by Gasteiger charge is 2.28. The minimum atomic E-state index is -0.488. The first-order valence-electron chi connectivity index (χ1n) is 8.50. The lowest BCUT2D eigenvalue weighted by Crippen LogP contribution is -2.39. The molecule has 1 saturated heterocycles. The molecular formula is C21H30O4. The Morgan fingerprint density at radius 1 is 1.20 bits per heavy atom. The van der Waals surface area contributed by atoms with Crippen molar-refractivity contribution in [2.45, 2.75) is 45.2 Å². The van der Waals surface area contributed by atoms with Crippen LogP contribution >= 0.6 is 0 Å². The Labute approximate surface area is 151 Å². The molecule has 138 valence electrons. The molecule has 1 aliphatic heterocycles. The Morgan fingerprint density at radius 3 is 2.60 bits per heavy atom. The molecule has 1 rings (SSSR count). The Hall–Kier alpha value is -1.72. The summed E-state index contributed by atoms with van der Waals surface area (Å²) in [7, 11) is 0. The van der Waals surface area contributed by atoms with E-state index in [1.165, 1.54) is 0 Å². The maximum absolute atomic E-state index is 9.75. The van der Waals surface area contributed by atoms with E-state index in [1.54, 1.807) is 6.08 Å². The van der Waals surface area contributed by atoms with Crippen LogP contribution in [-0.2, 0) is 9.47 Å². The zero-order valence-corrected chi connectivity index (χ0v) is 15.2. The number of hydrogen-bond acceptors (Lipinski definition) is 4. The lowest BCUT2D eigenvalue weighted by Gasteiger charge is -2.32. The van der Waals surface area contributed by atoms with Gasteiger partial charge in [0.25, 0.3) is 0 Å². The molecular weight excluding hydrogens is 316 g/mol. The first kappa shape index (κ1) is 21.3. The van der Waals surface area contributed by atoms with E-state index in [9.17, 15) is 5.11 Å². The molecule has 3 unspecified atom stereocenters. The molecule has 0 aromatic heterocycles. The Kier molecular flexibility index (Phi) is 10.0. The summed E-state index contributed by atoms with van der Waals surface area (Å²) in [6.07, 6.45) is 13.1. The second kappa shape index (κ2) is 11.8. The van der Waals surface area contributed by atoms with Crippen LogP contribution in [0, 0.1) is 0 Å². The summed E-state index contributed by atoms with van der Waals surface area (Å²) < 4.78 is 11.2. The summed E-state index contributed by atoms with van der Waals surface area (Å²) in [5.41, 5.74) is 3.03. The van der Waals surface area contributed by atoms with Gasteiger partial charge in [-0.05, 0) is 25.0 Å². The van der Waals surface area contributed by atoms with E-state index in [0.717, 1.165) is 16.7 Å². The summed E-state index contributed by atoms with van der Waals surface area (Å²) in [6.45, 7) is 11.8. The van der Waals surface area contributed by atoms with Crippen LogP contribution in [0.3, 0.4) is 0 Å². The predicted molar refractivity (Wildman–Crippen MR) is 102 cm³/mol. The van der Waals surface area contributed by atoms with Crippen LogP contribution in [-0.4, -0.2) is 41.9 Å². The molecule has 1 aliphatic rings. The van der Waals surface area contributed by atoms with E-state index in [0.29, 0.717) is 19.4 Å². The van der Waals surface area contributed by atoms with Gasteiger partial charge < -0.3 is 19.7 Å². The molecule has 0 bridgehead atoms. The van der Waals surface area contributed by atoms with Crippen molar-refractivity contribution in [3.8, 4) is 0 Å². The van der Waals surface area contributed by atoms with E-state index in [-0.39, 0.29) is 12.7 Å². The lowest BCUT2D eigenvalue weighted by molar-refractivity contribution is -0.218. The fourth-order valence-electron chi connectivity index (χ4n) is 2.26. The van der Waals surface area contributed by atoms with Crippen molar-refractivity contribution in [2.24, 2.45) is 0 Å². The second-order valence-electron chi connectivity index (χ2n) is 6.23. The monoisotopic (exact) mass is 346 g/mol. The van der Waals surface area contributed by atoms with Crippen molar-refractivity contribution in [3.63, 3.8) is 0 Å². The van der Waals surface area contributed by atoms with Gasteiger partial charge in [0, 0.05) is 12.8 Å². The van der Waals surface area contributed by atoms with Gasteiger partial charge in [0.1, 0.15) is 0 Å². The standard InChI is InChI=1S/C21H30O4/c1-5-16(2)8-6-9-17(3)10-7-11-18(4)15-24-21-13-19(23)12-20(14-22)25-21/h5-11,19-23H,1-2,12-15H2,3-4H3/b8-6+,10-7+,17-9+,18-11+. The van der Waals surface area contributed by atoms with Crippen molar-refractivity contribution in [2.75, 3.05) is 13.2 Å². The minimum absolute atomic E-state index is 0.102. The third-order valence-electron chi connectivity index (χ3n) is 3.72. The third-order valence-corrected chi connectivity index (χ3v) is 3.72. The summed E-state index contributed by atoms with van der Waals surface area (Å²) in [4.78, 5) is 0. The van der Waals surface area contributed by atoms with Gasteiger partial charge in [-0.2, -0.15) is 0 Å². The van der Waals surface area contributed by atoms with Gasteiger partial charge in [0.2, 0.25) is 0 Å². The molecule has 3 atom stereocenters. The zero-order chi connectivity index (χ0) is 18.7.